The van der Waals surface area contributed by atoms with Gasteiger partial charge in [-0.3, -0.25) is 26.0 Å². The average Bonchev–Trinajstić information content (AvgIpc) is 1.70. The Balaban J connectivity index is 0.000000360. The molecule has 0 fully saturated rings. The molecule has 30 heteroatoms. The number of hydrogen-bond acceptors (Lipinski definition) is 13. The average molecular weight is 1790 g/mol. The molecule has 2 aromatic carbocycles. The van der Waals surface area contributed by atoms with E-state index in [1.54, 1.807) is 29.4 Å². The van der Waals surface area contributed by atoms with E-state index >= 15 is 8.78 Å². The molecule has 2 radical (unpaired) electrons. The van der Waals surface area contributed by atoms with Crippen molar-refractivity contribution < 1.29 is 128 Å². The molecule has 0 N–H and O–H groups in total. The molecule has 0 bridgehead atoms. The first-order valence-corrected chi connectivity index (χ1v) is 28.8. The molecule has 0 amide bonds. The molecule has 0 aliphatic carbocycles. The maximum atomic E-state index is 16.0. The number of aromatic nitrogens is 6. The number of benzene rings is 2. The van der Waals surface area contributed by atoms with Crippen molar-refractivity contribution in [3.05, 3.63) is 243 Å². The van der Waals surface area contributed by atoms with E-state index in [0.29, 0.717) is 34.1 Å². The van der Waals surface area contributed by atoms with Gasteiger partial charge < -0.3 is 44.1 Å². The summed E-state index contributed by atoms with van der Waals surface area (Å²) in [6.45, 7) is 13.4. The van der Waals surface area contributed by atoms with Crippen LogP contribution in [0, 0.1) is 116 Å². The summed E-state index contributed by atoms with van der Waals surface area (Å²) in [4.78, 5) is 32.0. The summed E-state index contributed by atoms with van der Waals surface area (Å²) in [5.41, 5.74) is 5.71. The van der Waals surface area contributed by atoms with E-state index in [-0.39, 0.29) is 123 Å². The zero-order valence-corrected chi connectivity index (χ0v) is 59.3. The van der Waals surface area contributed by atoms with E-state index in [2.05, 4.69) is 96.5 Å². The summed E-state index contributed by atoms with van der Waals surface area (Å²) in [6.07, 6.45) is 14.3. The Kier molecular flexibility index (Phi) is 21.1. The molecule has 6 aliphatic rings. The van der Waals surface area contributed by atoms with Crippen LogP contribution < -0.4 is 24.3 Å². The van der Waals surface area contributed by atoms with Crippen molar-refractivity contribution in [3.63, 3.8) is 0 Å². The quantitative estimate of drug-likeness (QED) is 0.0358. The minimum atomic E-state index is -1.22. The van der Waals surface area contributed by atoms with Crippen LogP contribution in [0.25, 0.3) is 45.0 Å². The van der Waals surface area contributed by atoms with Gasteiger partial charge in [0, 0.05) is 59.1 Å². The second-order valence-electron chi connectivity index (χ2n) is 21.8. The van der Waals surface area contributed by atoms with Crippen LogP contribution in [0.2, 0.25) is 0 Å². The standard InChI is InChI=1S/C54H42F4N15O.C15H5F4N3.Ir.Pt.Rh/c1-34-36(3)72(31-65(34)8)44-24-46(69-20-17-64(7)30-69)49(26-42(44)67-18-15-62(5)28-67)74-50-27-43(68-19-16-63(6)29-68)45(73-32-66(9)35(2)37(73)4)25-47(50)70-21-22-71(33-70)48-23-39(53(57)61-54(48)58)41-12-10-11-40(59-41)38-13-14-51(55)60-52(38)56;16-12-6-4-8(14(18)21-12)10-2-1-3-11(20-10)9-5-7-13(17)22-15(9)19;;;/h10-12,14-22,30,32-33H,1-9H3;1-3,6-7H;;;/q-3;-2;;+2;. The van der Waals surface area contributed by atoms with E-state index in [1.807, 2.05) is 142 Å². The predicted octanol–water partition coefficient (Wildman–Crippen LogP) is 11.7. The van der Waals surface area contributed by atoms with Crippen LogP contribution in [-0.4, -0.2) is 120 Å². The molecule has 6 aliphatic heterocycles. The first-order chi connectivity index (χ1) is 46.0. The van der Waals surface area contributed by atoms with Crippen molar-refractivity contribution >= 4 is 57.8 Å². The van der Waals surface area contributed by atoms with E-state index in [9.17, 15) is 26.3 Å². The Morgan fingerprint density at radius 3 is 1.38 bits per heavy atom. The number of rotatable bonds is 13. The topological polar surface area (TPSA) is 124 Å². The molecule has 0 unspecified atom stereocenters. The van der Waals surface area contributed by atoms with Crippen LogP contribution in [-0.2, 0) is 60.6 Å². The molecule has 8 aromatic rings. The summed E-state index contributed by atoms with van der Waals surface area (Å²) in [5, 5.41) is 0. The third kappa shape index (κ3) is 14.3. The van der Waals surface area contributed by atoms with Gasteiger partial charge in [-0.05, 0) is 92.6 Å². The number of hydrogen-bond donors (Lipinski definition) is 0. The first kappa shape index (κ1) is 71.7. The van der Waals surface area contributed by atoms with E-state index < -0.39 is 47.6 Å². The maximum Gasteiger partial charge on any atom is 2.00 e. The maximum absolute atomic E-state index is 16.0. The van der Waals surface area contributed by atoms with Gasteiger partial charge in [-0.2, -0.15) is 43.5 Å². The Bertz CT molecular complexity index is 5030. The number of halogens is 8. The van der Waals surface area contributed by atoms with Crippen LogP contribution in [0.4, 0.5) is 74.9 Å². The normalized spacial score (nSPS) is 15.1. The summed E-state index contributed by atoms with van der Waals surface area (Å²) >= 11 is 0. The van der Waals surface area contributed by atoms with E-state index in [1.165, 1.54) is 54.2 Å². The summed E-state index contributed by atoms with van der Waals surface area (Å²) < 4.78 is 131. The van der Waals surface area contributed by atoms with Crippen molar-refractivity contribution in [3.8, 4) is 56.5 Å². The number of allylic oxidation sites excluding steroid dienone is 4. The SMILES string of the molecule is CC1=C(C)N(c2[c-]c(N3C=CN(c4[c-]c(-c5cccc(-c6[c-]cc(F)nc6F)n5)c(F)nc4F)[CH-]3)c(Oc3[c-]c([N+]4=C=[N+](C)C=C4)c([N+]4=C=[N+](C)C(C)=C4C)[c-]c3N3C=CN(C)[CH-]3)[c-]c2[N+]2=C=[N+](C)C=C2)[CH-]N1C.Fc1c[c-]c(-c2cccc(-c3[c-]cc(F)nc3F)n2)c(F)n1.[Ir].[Pt+2].[Rh]. The first-order valence-electron chi connectivity index (χ1n) is 28.8. The largest absolute Gasteiger partial charge is 2.00 e. The second kappa shape index (κ2) is 29.2. The Morgan fingerprint density at radius 2 is 0.929 bits per heavy atom. The van der Waals surface area contributed by atoms with Gasteiger partial charge in [-0.1, -0.05) is 102 Å². The van der Waals surface area contributed by atoms with Gasteiger partial charge in [-0.15, -0.1) is 43.7 Å². The van der Waals surface area contributed by atoms with Crippen LogP contribution in [0.1, 0.15) is 27.7 Å². The van der Waals surface area contributed by atoms with Crippen LogP contribution in [0.5, 0.6) is 11.5 Å². The fraction of sp³-hybridized carbons (Fsp3) is 0.130. The van der Waals surface area contributed by atoms with Crippen molar-refractivity contribution in [2.24, 2.45) is 0 Å². The zero-order valence-electron chi connectivity index (χ0n) is 53.0. The molecular weight excluding hydrogens is 1740 g/mol. The van der Waals surface area contributed by atoms with Crippen LogP contribution >= 0.6 is 0 Å². The summed E-state index contributed by atoms with van der Waals surface area (Å²) in [6, 6.07) is 45.7. The molecule has 14 rings (SSSR count). The molecule has 0 spiro atoms. The summed E-state index contributed by atoms with van der Waals surface area (Å²) in [5.74, 6) is -8.46. The Morgan fingerprint density at radius 1 is 0.465 bits per heavy atom. The van der Waals surface area contributed by atoms with E-state index in [4.69, 9.17) is 4.74 Å². The van der Waals surface area contributed by atoms with Crippen molar-refractivity contribution in [1.29, 1.82) is 0 Å². The van der Waals surface area contributed by atoms with Gasteiger partial charge in [-0.25, -0.2) is 41.2 Å². The van der Waals surface area contributed by atoms with E-state index in [0.717, 1.165) is 41.0 Å². The van der Waals surface area contributed by atoms with Gasteiger partial charge in [0.15, 0.2) is 21.1 Å². The second-order valence-corrected chi connectivity index (χ2v) is 21.8. The minimum Gasteiger partial charge on any atom is -0.620 e. The van der Waals surface area contributed by atoms with Crippen molar-refractivity contribution in [2.45, 2.75) is 27.7 Å². The smallest absolute Gasteiger partial charge is 0.620 e. The van der Waals surface area contributed by atoms with Crippen molar-refractivity contribution in [2.75, 3.05) is 54.8 Å². The molecule has 12 heterocycles. The number of nitrogens with zero attached hydrogens (tertiary/aromatic N) is 18. The van der Waals surface area contributed by atoms with Gasteiger partial charge in [0.25, 0.3) is 11.4 Å². The fourth-order valence-corrected chi connectivity index (χ4v) is 10.2. The third-order valence-corrected chi connectivity index (χ3v) is 15.5. The molecule has 0 atom stereocenters. The molecule has 0 saturated carbocycles. The predicted molar refractivity (Wildman–Crippen MR) is 330 cm³/mol. The number of pyridine rings is 6. The molecule has 506 valence electrons. The zero-order chi connectivity index (χ0) is 67.5. The number of ether oxygens (including phenoxy) is 1. The van der Waals surface area contributed by atoms with Crippen LogP contribution in [0.3, 0.4) is 0 Å². The van der Waals surface area contributed by atoms with Gasteiger partial charge in [0.1, 0.15) is 47.6 Å². The fourth-order valence-electron chi connectivity index (χ4n) is 10.2. The van der Waals surface area contributed by atoms with Gasteiger partial charge in [0.05, 0.1) is 11.4 Å². The molecule has 0 saturated heterocycles. The molecule has 6 aromatic heterocycles. The van der Waals surface area contributed by atoms with Gasteiger partial charge >= 0.3 is 39.1 Å². The summed E-state index contributed by atoms with van der Waals surface area (Å²) in [7, 11) is 9.51. The number of anilines is 4. The Hall–Kier alpha value is -10.1. The molecular formula is C69H47F8IrN18OPtRh-3. The van der Waals surface area contributed by atoms with Gasteiger partial charge in [0.2, 0.25) is 24.8 Å². The van der Waals surface area contributed by atoms with Crippen LogP contribution in [0.15, 0.2) is 127 Å². The molecule has 19 nitrogen and oxygen atoms in total. The minimum absolute atomic E-state index is 0. The van der Waals surface area contributed by atoms with Crippen molar-refractivity contribution in [1.82, 2.24) is 39.7 Å². The molecule has 99 heavy (non-hydrogen) atoms. The third-order valence-electron chi connectivity index (χ3n) is 15.5. The Labute approximate surface area is 603 Å². The monoisotopic (exact) mass is 1790 g/mol.